The maximum Gasteiger partial charge on any atom is 0.248 e. The Kier molecular flexibility index (Phi) is 4.29. The van der Waals surface area contributed by atoms with E-state index in [1.165, 1.54) is 12.8 Å². The average molecular weight is 346 g/mol. The van der Waals surface area contributed by atoms with E-state index in [2.05, 4.69) is 11.9 Å². The lowest BCUT2D eigenvalue weighted by atomic mass is 9.76. The summed E-state index contributed by atoms with van der Waals surface area (Å²) >= 11 is 0. The van der Waals surface area contributed by atoms with Crippen molar-refractivity contribution in [1.82, 2.24) is 19.7 Å². The topological polar surface area (TPSA) is 43.6 Å². The summed E-state index contributed by atoms with van der Waals surface area (Å²) in [6.07, 6.45) is 6.78. The van der Waals surface area contributed by atoms with Crippen LogP contribution in [0.4, 0.5) is 8.78 Å². The van der Waals surface area contributed by atoms with Crippen LogP contribution < -0.4 is 0 Å². The number of hydrogen-bond donors (Lipinski definition) is 0. The summed E-state index contributed by atoms with van der Waals surface area (Å²) in [6, 6.07) is 3.81. The second-order valence-corrected chi connectivity index (χ2v) is 7.79. The van der Waals surface area contributed by atoms with Gasteiger partial charge in [-0.15, -0.1) is 0 Å². The molecule has 2 aromatic rings. The molecule has 0 aromatic carbocycles. The largest absolute Gasteiger partial charge is 0.264 e. The van der Waals surface area contributed by atoms with E-state index in [-0.39, 0.29) is 18.8 Å². The fourth-order valence-corrected chi connectivity index (χ4v) is 4.17. The molecule has 2 fully saturated rings. The van der Waals surface area contributed by atoms with E-state index < -0.39 is 5.92 Å². The summed E-state index contributed by atoms with van der Waals surface area (Å²) in [5.41, 5.74) is 0.880. The first-order valence-corrected chi connectivity index (χ1v) is 9.23. The quantitative estimate of drug-likeness (QED) is 0.807. The summed E-state index contributed by atoms with van der Waals surface area (Å²) in [6.45, 7) is 3.11. The minimum absolute atomic E-state index is 0.0484. The predicted molar refractivity (Wildman–Crippen MR) is 91.3 cm³/mol. The van der Waals surface area contributed by atoms with Gasteiger partial charge in [-0.3, -0.25) is 4.98 Å². The SMILES string of the molecule is CC1CC(Cn2nc(-c3cccnc3)nc2C2CCC(F)(F)CC2)C1. The van der Waals surface area contributed by atoms with E-state index in [9.17, 15) is 8.78 Å². The summed E-state index contributed by atoms with van der Waals surface area (Å²) < 4.78 is 29.1. The van der Waals surface area contributed by atoms with Gasteiger partial charge < -0.3 is 0 Å². The van der Waals surface area contributed by atoms with Crippen molar-refractivity contribution < 1.29 is 8.78 Å². The minimum atomic E-state index is -2.52. The Morgan fingerprint density at radius 2 is 2.00 bits per heavy atom. The lowest BCUT2D eigenvalue weighted by Gasteiger charge is -2.33. The van der Waals surface area contributed by atoms with Crippen LogP contribution >= 0.6 is 0 Å². The van der Waals surface area contributed by atoms with Gasteiger partial charge in [-0.05, 0) is 49.7 Å². The molecule has 0 amide bonds. The van der Waals surface area contributed by atoms with Crippen LogP contribution in [0.5, 0.6) is 0 Å². The normalized spacial score (nSPS) is 26.4. The highest BCUT2D eigenvalue weighted by Gasteiger charge is 2.37. The third-order valence-electron chi connectivity index (χ3n) is 5.60. The highest BCUT2D eigenvalue weighted by atomic mass is 19.3. The van der Waals surface area contributed by atoms with Gasteiger partial charge in [0, 0.05) is 43.3 Å². The zero-order valence-electron chi connectivity index (χ0n) is 14.5. The van der Waals surface area contributed by atoms with E-state index in [1.807, 2.05) is 16.8 Å². The molecule has 2 aromatic heterocycles. The number of hydrogen-bond acceptors (Lipinski definition) is 3. The first kappa shape index (κ1) is 16.6. The smallest absolute Gasteiger partial charge is 0.248 e. The van der Waals surface area contributed by atoms with Gasteiger partial charge in [0.25, 0.3) is 0 Å². The maximum atomic E-state index is 13.5. The first-order chi connectivity index (χ1) is 12.0. The Balaban J connectivity index is 1.60. The summed E-state index contributed by atoms with van der Waals surface area (Å²) in [5, 5.41) is 4.72. The number of aromatic nitrogens is 4. The number of alkyl halides is 2. The third-order valence-corrected chi connectivity index (χ3v) is 5.60. The molecule has 0 aliphatic heterocycles. The first-order valence-electron chi connectivity index (χ1n) is 9.23. The molecular weight excluding hydrogens is 322 g/mol. The van der Waals surface area contributed by atoms with Crippen LogP contribution in [0.3, 0.4) is 0 Å². The second kappa shape index (κ2) is 6.46. The maximum absolute atomic E-state index is 13.5. The molecule has 134 valence electrons. The van der Waals surface area contributed by atoms with Crippen LogP contribution in [0, 0.1) is 11.8 Å². The zero-order valence-corrected chi connectivity index (χ0v) is 14.5. The Morgan fingerprint density at radius 3 is 2.64 bits per heavy atom. The van der Waals surface area contributed by atoms with Crippen molar-refractivity contribution in [2.45, 2.75) is 63.8 Å². The minimum Gasteiger partial charge on any atom is -0.264 e. The molecule has 2 aliphatic rings. The van der Waals surface area contributed by atoms with Crippen molar-refractivity contribution in [3.05, 3.63) is 30.4 Å². The van der Waals surface area contributed by atoms with Crippen molar-refractivity contribution in [2.24, 2.45) is 11.8 Å². The molecule has 0 saturated heterocycles. The third kappa shape index (κ3) is 3.58. The average Bonchev–Trinajstić information content (AvgIpc) is 2.98. The highest BCUT2D eigenvalue weighted by molar-refractivity contribution is 5.52. The van der Waals surface area contributed by atoms with Gasteiger partial charge in [-0.1, -0.05) is 6.92 Å². The standard InChI is InChI=1S/C19H24F2N4/c1-13-9-14(10-13)12-25-18(15-4-6-19(20,21)7-5-15)23-17(24-25)16-3-2-8-22-11-16/h2-3,8,11,13-15H,4-7,9-10,12H2,1H3. The molecule has 0 atom stereocenters. The van der Waals surface area contributed by atoms with Crippen LogP contribution in [0.1, 0.15) is 57.2 Å². The molecule has 0 spiro atoms. The second-order valence-electron chi connectivity index (χ2n) is 7.79. The molecule has 2 heterocycles. The van der Waals surface area contributed by atoms with Gasteiger partial charge in [-0.25, -0.2) is 18.4 Å². The van der Waals surface area contributed by atoms with E-state index in [4.69, 9.17) is 10.1 Å². The Morgan fingerprint density at radius 1 is 1.24 bits per heavy atom. The van der Waals surface area contributed by atoms with Crippen LogP contribution in [0.2, 0.25) is 0 Å². The van der Waals surface area contributed by atoms with E-state index in [0.29, 0.717) is 24.6 Å². The predicted octanol–water partition coefficient (Wildman–Crippen LogP) is 4.68. The van der Waals surface area contributed by atoms with Gasteiger partial charge >= 0.3 is 0 Å². The number of pyridine rings is 1. The molecule has 6 heteroatoms. The lowest BCUT2D eigenvalue weighted by Crippen LogP contribution is -2.29. The molecule has 2 aliphatic carbocycles. The van der Waals surface area contributed by atoms with Gasteiger partial charge in [0.2, 0.25) is 5.92 Å². The molecule has 4 rings (SSSR count). The fraction of sp³-hybridized carbons (Fsp3) is 0.632. The van der Waals surface area contributed by atoms with Crippen LogP contribution in [-0.4, -0.2) is 25.7 Å². The number of rotatable bonds is 4. The number of halogens is 2. The molecule has 4 nitrogen and oxygen atoms in total. The van der Waals surface area contributed by atoms with Crippen molar-refractivity contribution in [1.29, 1.82) is 0 Å². The Labute approximate surface area is 146 Å². The molecule has 0 N–H and O–H groups in total. The Hall–Kier alpha value is -1.85. The lowest BCUT2D eigenvalue weighted by molar-refractivity contribution is -0.0391. The van der Waals surface area contributed by atoms with Crippen molar-refractivity contribution in [3.63, 3.8) is 0 Å². The van der Waals surface area contributed by atoms with Gasteiger partial charge in [0.1, 0.15) is 5.82 Å². The zero-order chi connectivity index (χ0) is 17.4. The molecule has 0 radical (unpaired) electrons. The van der Waals surface area contributed by atoms with Crippen LogP contribution in [0.15, 0.2) is 24.5 Å². The molecule has 25 heavy (non-hydrogen) atoms. The van der Waals surface area contributed by atoms with Gasteiger partial charge in [0.15, 0.2) is 5.82 Å². The number of nitrogens with zero attached hydrogens (tertiary/aromatic N) is 4. The van der Waals surface area contributed by atoms with Crippen molar-refractivity contribution >= 4 is 0 Å². The Bertz CT molecular complexity index is 712. The van der Waals surface area contributed by atoms with Crippen molar-refractivity contribution in [3.8, 4) is 11.4 Å². The molecule has 0 unspecified atom stereocenters. The highest BCUT2D eigenvalue weighted by Crippen LogP contribution is 2.41. The van der Waals surface area contributed by atoms with Crippen LogP contribution in [0.25, 0.3) is 11.4 Å². The van der Waals surface area contributed by atoms with E-state index >= 15 is 0 Å². The van der Waals surface area contributed by atoms with Gasteiger partial charge in [0.05, 0.1) is 0 Å². The molecular formula is C19H24F2N4. The fourth-order valence-electron chi connectivity index (χ4n) is 4.17. The summed E-state index contributed by atoms with van der Waals surface area (Å²) in [5.74, 6) is 0.513. The van der Waals surface area contributed by atoms with E-state index in [1.54, 1.807) is 12.4 Å². The van der Waals surface area contributed by atoms with Gasteiger partial charge in [-0.2, -0.15) is 5.10 Å². The van der Waals surface area contributed by atoms with Crippen molar-refractivity contribution in [2.75, 3.05) is 0 Å². The molecule has 0 bridgehead atoms. The van der Waals surface area contributed by atoms with E-state index in [0.717, 1.165) is 23.9 Å². The summed E-state index contributed by atoms with van der Waals surface area (Å²) in [4.78, 5) is 8.89. The monoisotopic (exact) mass is 346 g/mol. The van der Waals surface area contributed by atoms with Crippen LogP contribution in [-0.2, 0) is 6.54 Å². The molecule has 2 saturated carbocycles. The summed E-state index contributed by atoms with van der Waals surface area (Å²) in [7, 11) is 0.